The van der Waals surface area contributed by atoms with Crippen LogP contribution in [-0.4, -0.2) is 15.9 Å². The van der Waals surface area contributed by atoms with Crippen LogP contribution in [-0.2, 0) is 16.9 Å². The van der Waals surface area contributed by atoms with E-state index >= 15 is 0 Å². The van der Waals surface area contributed by atoms with Crippen molar-refractivity contribution in [1.82, 2.24) is 0 Å². The highest BCUT2D eigenvalue weighted by Crippen LogP contribution is 2.40. The summed E-state index contributed by atoms with van der Waals surface area (Å²) in [7, 11) is -4.34. The summed E-state index contributed by atoms with van der Waals surface area (Å²) in [5.74, 6) is -0.879. The molecule has 0 aliphatic rings. The fourth-order valence-electron chi connectivity index (χ4n) is 2.89. The molecule has 0 bridgehead atoms. The maximum atomic E-state index is 13.0. The van der Waals surface area contributed by atoms with E-state index in [4.69, 9.17) is 9.79 Å². The third-order valence-electron chi connectivity index (χ3n) is 4.17. The summed E-state index contributed by atoms with van der Waals surface area (Å²) in [5.41, 5.74) is -1.64. The van der Waals surface area contributed by atoms with E-state index in [1.807, 2.05) is 0 Å². The van der Waals surface area contributed by atoms with E-state index in [9.17, 15) is 30.9 Å². The third-order valence-corrected chi connectivity index (χ3v) is 5.07. The summed E-state index contributed by atoms with van der Waals surface area (Å²) in [6.45, 7) is 0. The van der Waals surface area contributed by atoms with Gasteiger partial charge in [-0.05, 0) is 36.1 Å². The molecule has 0 heterocycles. The fraction of sp³-hybridized carbons (Fsp3) is 0.333. The fourth-order valence-corrected chi connectivity index (χ4v) is 3.49. The predicted molar refractivity (Wildman–Crippen MR) is 90.9 cm³/mol. The number of hydrogen-bond donors (Lipinski definition) is 2. The van der Waals surface area contributed by atoms with Gasteiger partial charge in [-0.25, -0.2) is 0 Å². The Hall–Kier alpha value is -1.83. The van der Waals surface area contributed by atoms with Gasteiger partial charge in [-0.1, -0.05) is 36.4 Å². The van der Waals surface area contributed by atoms with Crippen molar-refractivity contribution in [3.63, 3.8) is 0 Å². The quantitative estimate of drug-likeness (QED) is 0.453. The SMILES string of the molecule is O=P(O)(O)CCCC(c1cccc(C(F)(F)F)c1)c1cccc(C(F)(F)F)c1. The van der Waals surface area contributed by atoms with Crippen molar-refractivity contribution >= 4 is 7.60 Å². The van der Waals surface area contributed by atoms with Gasteiger partial charge in [0.1, 0.15) is 0 Å². The topological polar surface area (TPSA) is 57.5 Å². The van der Waals surface area contributed by atoms with Crippen LogP contribution < -0.4 is 0 Å². The monoisotopic (exact) mass is 426 g/mol. The summed E-state index contributed by atoms with van der Waals surface area (Å²) in [6.07, 6.45) is -9.85. The Balaban J connectivity index is 2.45. The van der Waals surface area contributed by atoms with Crippen molar-refractivity contribution < 1.29 is 40.7 Å². The van der Waals surface area contributed by atoms with Crippen LogP contribution in [0.3, 0.4) is 0 Å². The van der Waals surface area contributed by atoms with Gasteiger partial charge in [0.15, 0.2) is 0 Å². The zero-order chi connectivity index (χ0) is 21.2. The van der Waals surface area contributed by atoms with E-state index in [1.165, 1.54) is 12.1 Å². The predicted octanol–water partition coefficient (Wildman–Crippen LogP) is 5.81. The number of halogens is 6. The lowest BCUT2D eigenvalue weighted by molar-refractivity contribution is -0.138. The molecule has 0 aliphatic heterocycles. The maximum absolute atomic E-state index is 13.0. The van der Waals surface area contributed by atoms with Gasteiger partial charge in [-0.15, -0.1) is 0 Å². The van der Waals surface area contributed by atoms with Crippen molar-refractivity contribution in [3.8, 4) is 0 Å². The smallest absolute Gasteiger partial charge is 0.324 e. The second-order valence-electron chi connectivity index (χ2n) is 6.33. The Kier molecular flexibility index (Phi) is 6.63. The van der Waals surface area contributed by atoms with Crippen molar-refractivity contribution in [2.45, 2.75) is 31.1 Å². The molecule has 0 amide bonds. The normalized spacial score (nSPS) is 13.2. The molecule has 0 saturated heterocycles. The zero-order valence-electron chi connectivity index (χ0n) is 14.3. The summed E-state index contributed by atoms with van der Waals surface area (Å²) >= 11 is 0. The Labute approximate surface area is 157 Å². The van der Waals surface area contributed by atoms with Crippen LogP contribution in [0, 0.1) is 0 Å². The Morgan fingerprint density at radius 3 is 1.61 bits per heavy atom. The lowest BCUT2D eigenvalue weighted by Crippen LogP contribution is -2.10. The average molecular weight is 426 g/mol. The molecule has 0 saturated carbocycles. The molecule has 0 aromatic heterocycles. The minimum absolute atomic E-state index is 0.0201. The van der Waals surface area contributed by atoms with Gasteiger partial charge in [-0.2, -0.15) is 26.3 Å². The van der Waals surface area contributed by atoms with Crippen LogP contribution in [0.25, 0.3) is 0 Å². The summed E-state index contributed by atoms with van der Waals surface area (Å²) in [5, 5.41) is 0. The Bertz CT molecular complexity index is 799. The molecule has 10 heteroatoms. The zero-order valence-corrected chi connectivity index (χ0v) is 15.2. The highest BCUT2D eigenvalue weighted by atomic mass is 31.2. The molecule has 2 aromatic carbocycles. The van der Waals surface area contributed by atoms with E-state index in [2.05, 4.69) is 0 Å². The lowest BCUT2D eigenvalue weighted by atomic mass is 9.86. The first kappa shape index (κ1) is 22.5. The molecule has 2 N–H and O–H groups in total. The van der Waals surface area contributed by atoms with Gasteiger partial charge in [0, 0.05) is 12.1 Å². The van der Waals surface area contributed by atoms with Crippen LogP contribution >= 0.6 is 7.60 Å². The van der Waals surface area contributed by atoms with Gasteiger partial charge in [0.25, 0.3) is 0 Å². The van der Waals surface area contributed by atoms with Gasteiger partial charge in [0.2, 0.25) is 0 Å². The molecular formula is C18H17F6O3P. The number of rotatable bonds is 6. The van der Waals surface area contributed by atoms with Gasteiger partial charge < -0.3 is 9.79 Å². The van der Waals surface area contributed by atoms with E-state index in [-0.39, 0.29) is 24.0 Å². The van der Waals surface area contributed by atoms with E-state index in [0.29, 0.717) is 0 Å². The van der Waals surface area contributed by atoms with E-state index < -0.39 is 43.2 Å². The lowest BCUT2D eigenvalue weighted by Gasteiger charge is -2.21. The van der Waals surface area contributed by atoms with Crippen LogP contribution in [0.4, 0.5) is 26.3 Å². The number of benzene rings is 2. The molecule has 0 spiro atoms. The van der Waals surface area contributed by atoms with Crippen molar-refractivity contribution in [1.29, 1.82) is 0 Å². The molecule has 0 aliphatic carbocycles. The largest absolute Gasteiger partial charge is 0.416 e. The first-order valence-electron chi connectivity index (χ1n) is 8.16. The average Bonchev–Trinajstić information content (AvgIpc) is 2.56. The third kappa shape index (κ3) is 6.36. The summed E-state index contributed by atoms with van der Waals surface area (Å²) in [4.78, 5) is 18.0. The first-order valence-corrected chi connectivity index (χ1v) is 9.96. The molecule has 0 fully saturated rings. The molecule has 0 atom stereocenters. The van der Waals surface area contributed by atoms with Crippen molar-refractivity contribution in [2.24, 2.45) is 0 Å². The first-order chi connectivity index (χ1) is 12.8. The van der Waals surface area contributed by atoms with Gasteiger partial charge in [0.05, 0.1) is 11.1 Å². The summed E-state index contributed by atoms with van der Waals surface area (Å²) in [6, 6.07) is 8.42. The molecule has 2 rings (SSSR count). The van der Waals surface area contributed by atoms with Gasteiger partial charge in [-0.3, -0.25) is 4.57 Å². The Morgan fingerprint density at radius 1 is 0.821 bits per heavy atom. The Morgan fingerprint density at radius 2 is 1.25 bits per heavy atom. The number of alkyl halides is 6. The molecule has 0 unspecified atom stereocenters. The molecule has 2 aromatic rings. The molecule has 3 nitrogen and oxygen atoms in total. The molecule has 0 radical (unpaired) electrons. The van der Waals surface area contributed by atoms with Crippen LogP contribution in [0.5, 0.6) is 0 Å². The maximum Gasteiger partial charge on any atom is 0.416 e. The van der Waals surface area contributed by atoms with Crippen molar-refractivity contribution in [2.75, 3.05) is 6.16 Å². The molecule has 28 heavy (non-hydrogen) atoms. The van der Waals surface area contributed by atoms with Crippen LogP contribution in [0.2, 0.25) is 0 Å². The van der Waals surface area contributed by atoms with Crippen LogP contribution in [0.1, 0.15) is 41.0 Å². The van der Waals surface area contributed by atoms with Crippen molar-refractivity contribution in [3.05, 3.63) is 70.8 Å². The second kappa shape index (κ2) is 8.27. The second-order valence-corrected chi connectivity index (χ2v) is 8.11. The molecular weight excluding hydrogens is 409 g/mol. The minimum atomic E-state index is -4.62. The highest BCUT2D eigenvalue weighted by molar-refractivity contribution is 7.51. The minimum Gasteiger partial charge on any atom is -0.324 e. The highest BCUT2D eigenvalue weighted by Gasteiger charge is 2.33. The molecule has 154 valence electrons. The standard InChI is InChI=1S/C18H17F6O3P/c19-17(20,21)14-6-1-4-12(10-14)16(8-3-9-28(25,26)27)13-5-2-7-15(11-13)18(22,23)24/h1-2,4-7,10-11,16H,3,8-9H2,(H2,25,26,27). The van der Waals surface area contributed by atoms with E-state index in [0.717, 1.165) is 36.4 Å². The van der Waals surface area contributed by atoms with Crippen LogP contribution in [0.15, 0.2) is 48.5 Å². The summed E-state index contributed by atoms with van der Waals surface area (Å²) < 4.78 is 89.1. The number of hydrogen-bond acceptors (Lipinski definition) is 1. The van der Waals surface area contributed by atoms with E-state index in [1.54, 1.807) is 0 Å². The van der Waals surface area contributed by atoms with Gasteiger partial charge >= 0.3 is 19.9 Å².